The van der Waals surface area contributed by atoms with E-state index in [1.54, 1.807) is 0 Å². The third-order valence-corrected chi connectivity index (χ3v) is 8.60. The van der Waals surface area contributed by atoms with Gasteiger partial charge in [-0.3, -0.25) is 9.35 Å². The van der Waals surface area contributed by atoms with Gasteiger partial charge < -0.3 is 16.2 Å². The Bertz CT molecular complexity index is 885. The van der Waals surface area contributed by atoms with Crippen LogP contribution in [-0.4, -0.2) is 41.4 Å². The van der Waals surface area contributed by atoms with Crippen molar-refractivity contribution < 1.29 is 22.9 Å². The van der Waals surface area contributed by atoms with Crippen molar-refractivity contribution in [1.29, 1.82) is 0 Å². The maximum Gasteiger partial charge on any atom is 0.320 e. The normalized spacial score (nSPS) is 32.7. The molecule has 3 atom stereocenters. The molecule has 0 heterocycles. The number of carbonyl (C=O) groups is 1. The molecule has 7 nitrogen and oxygen atoms in total. The summed E-state index contributed by atoms with van der Waals surface area (Å²) in [6, 6.07) is 7.12. The van der Waals surface area contributed by atoms with Crippen LogP contribution in [0, 0.1) is 23.7 Å². The van der Waals surface area contributed by atoms with Crippen molar-refractivity contribution in [3.8, 4) is 0 Å². The Hall–Kier alpha value is -1.64. The van der Waals surface area contributed by atoms with Crippen LogP contribution in [0.4, 0.5) is 5.69 Å². The van der Waals surface area contributed by atoms with Crippen molar-refractivity contribution in [2.75, 3.05) is 11.1 Å². The van der Waals surface area contributed by atoms with Gasteiger partial charge in [0.05, 0.1) is 5.75 Å². The molecule has 4 bridgehead atoms. The van der Waals surface area contributed by atoms with Crippen LogP contribution in [0.2, 0.25) is 0 Å². The minimum Gasteiger partial charge on any atom is -0.480 e. The van der Waals surface area contributed by atoms with E-state index >= 15 is 0 Å². The lowest BCUT2D eigenvalue weighted by Crippen LogP contribution is -2.58. The zero-order valence-corrected chi connectivity index (χ0v) is 18.7. The predicted octanol–water partition coefficient (Wildman–Crippen LogP) is 3.31. The highest BCUT2D eigenvalue weighted by Crippen LogP contribution is 2.60. The van der Waals surface area contributed by atoms with Gasteiger partial charge in [-0.15, -0.1) is 0 Å². The van der Waals surface area contributed by atoms with Crippen LogP contribution in [-0.2, 0) is 21.3 Å². The van der Waals surface area contributed by atoms with E-state index in [9.17, 15) is 13.2 Å². The van der Waals surface area contributed by atoms with Crippen molar-refractivity contribution in [2.45, 2.75) is 69.4 Å². The van der Waals surface area contributed by atoms with Crippen LogP contribution in [0.1, 0.15) is 56.9 Å². The maximum atomic E-state index is 11.0. The average molecular weight is 451 g/mol. The zero-order chi connectivity index (χ0) is 22.2. The lowest BCUT2D eigenvalue weighted by molar-refractivity contribution is -0.138. The van der Waals surface area contributed by atoms with E-state index in [1.165, 1.54) is 19.3 Å². The number of rotatable bonds is 10. The molecule has 31 heavy (non-hydrogen) atoms. The maximum absolute atomic E-state index is 11.0. The van der Waals surface area contributed by atoms with Gasteiger partial charge in [0.25, 0.3) is 10.1 Å². The molecule has 0 aliphatic heterocycles. The molecule has 4 aliphatic rings. The van der Waals surface area contributed by atoms with E-state index in [-0.39, 0.29) is 11.3 Å². The van der Waals surface area contributed by atoms with E-state index in [0.29, 0.717) is 30.6 Å². The van der Waals surface area contributed by atoms with Gasteiger partial charge in [-0.25, -0.2) is 0 Å². The minimum absolute atomic E-state index is 0.128. The summed E-state index contributed by atoms with van der Waals surface area (Å²) in [5.74, 6) is 1.72. The zero-order valence-electron chi connectivity index (χ0n) is 17.9. The van der Waals surface area contributed by atoms with E-state index in [4.69, 9.17) is 15.4 Å². The number of hydrogen-bond donors (Lipinski definition) is 4. The SMILES string of the molecule is N[C@@H](Cc1ccc(NC23CC4CC(C2)C(CCCCS(=O)(=O)O)C(C4)C3)cc1)C(=O)O. The van der Waals surface area contributed by atoms with Crippen LogP contribution >= 0.6 is 0 Å². The van der Waals surface area contributed by atoms with Gasteiger partial charge in [-0.2, -0.15) is 8.42 Å². The van der Waals surface area contributed by atoms with E-state index in [1.807, 2.05) is 24.3 Å². The predicted molar refractivity (Wildman–Crippen MR) is 119 cm³/mol. The summed E-state index contributed by atoms with van der Waals surface area (Å²) in [6.07, 6.45) is 8.90. The second-order valence-corrected chi connectivity index (χ2v) is 11.7. The topological polar surface area (TPSA) is 130 Å². The minimum atomic E-state index is -3.85. The van der Waals surface area contributed by atoms with Gasteiger partial charge >= 0.3 is 5.97 Å². The van der Waals surface area contributed by atoms with Crippen molar-refractivity contribution in [3.63, 3.8) is 0 Å². The van der Waals surface area contributed by atoms with Crippen LogP contribution in [0.15, 0.2) is 24.3 Å². The molecule has 0 amide bonds. The molecule has 4 saturated carbocycles. The number of carboxylic acid groups (broad SMARTS) is 1. The first kappa shape index (κ1) is 22.6. The number of anilines is 1. The van der Waals surface area contributed by atoms with Gasteiger partial charge in [0.2, 0.25) is 0 Å². The molecule has 1 aromatic carbocycles. The Morgan fingerprint density at radius 1 is 1.13 bits per heavy atom. The highest BCUT2D eigenvalue weighted by Gasteiger charge is 2.54. The molecule has 5 N–H and O–H groups in total. The smallest absolute Gasteiger partial charge is 0.320 e. The Kier molecular flexibility index (Phi) is 6.34. The van der Waals surface area contributed by atoms with Crippen molar-refractivity contribution in [1.82, 2.24) is 0 Å². The summed E-state index contributed by atoms with van der Waals surface area (Å²) in [7, 11) is -3.85. The molecule has 0 saturated heterocycles. The Labute approximate surface area is 184 Å². The molecule has 0 aromatic heterocycles. The molecule has 0 spiro atoms. The fraction of sp³-hybridized carbons (Fsp3) is 0.696. The summed E-state index contributed by atoms with van der Waals surface area (Å²) in [6.45, 7) is 0. The number of unbranched alkanes of at least 4 members (excludes halogenated alkanes) is 1. The number of benzene rings is 1. The lowest BCUT2D eigenvalue weighted by atomic mass is 9.48. The third-order valence-electron chi connectivity index (χ3n) is 7.79. The monoisotopic (exact) mass is 450 g/mol. The summed E-state index contributed by atoms with van der Waals surface area (Å²) < 4.78 is 30.9. The van der Waals surface area contributed by atoms with E-state index in [0.717, 1.165) is 42.9 Å². The number of hydrogen-bond acceptors (Lipinski definition) is 5. The fourth-order valence-corrected chi connectivity index (χ4v) is 7.36. The van der Waals surface area contributed by atoms with Gasteiger partial charge in [-0.1, -0.05) is 18.6 Å². The molecule has 0 radical (unpaired) electrons. The average Bonchev–Trinajstić information content (AvgIpc) is 2.66. The van der Waals surface area contributed by atoms with E-state index < -0.39 is 22.1 Å². The molecule has 4 fully saturated rings. The summed E-state index contributed by atoms with van der Waals surface area (Å²) >= 11 is 0. The molecule has 172 valence electrons. The number of carboxylic acids is 1. The van der Waals surface area contributed by atoms with Crippen LogP contribution in [0.5, 0.6) is 0 Å². The fourth-order valence-electron chi connectivity index (χ4n) is 6.79. The number of nitrogens with one attached hydrogen (secondary N) is 1. The third kappa shape index (κ3) is 5.41. The number of nitrogens with two attached hydrogens (primary N) is 1. The Morgan fingerprint density at radius 2 is 1.77 bits per heavy atom. The largest absolute Gasteiger partial charge is 0.480 e. The summed E-state index contributed by atoms with van der Waals surface area (Å²) in [5, 5.41) is 12.8. The first-order chi connectivity index (χ1) is 14.6. The molecule has 1 aromatic rings. The molecule has 2 unspecified atom stereocenters. The molecular formula is C23H34N2O5S. The molecular weight excluding hydrogens is 416 g/mol. The Balaban J connectivity index is 1.35. The second-order valence-electron chi connectivity index (χ2n) is 10.2. The molecule has 8 heteroatoms. The highest BCUT2D eigenvalue weighted by molar-refractivity contribution is 7.85. The number of aliphatic carboxylic acids is 1. The van der Waals surface area contributed by atoms with Crippen molar-refractivity contribution >= 4 is 21.8 Å². The van der Waals surface area contributed by atoms with Gasteiger partial charge in [-0.05, 0) is 92.7 Å². The first-order valence-corrected chi connectivity index (χ1v) is 13.0. The van der Waals surface area contributed by atoms with Crippen LogP contribution in [0.3, 0.4) is 0 Å². The van der Waals surface area contributed by atoms with Crippen LogP contribution < -0.4 is 11.1 Å². The van der Waals surface area contributed by atoms with E-state index in [2.05, 4.69) is 5.32 Å². The van der Waals surface area contributed by atoms with Crippen LogP contribution in [0.25, 0.3) is 0 Å². The lowest BCUT2D eigenvalue weighted by Gasteiger charge is -2.60. The molecule has 4 aliphatic carbocycles. The summed E-state index contributed by atoms with van der Waals surface area (Å²) in [4.78, 5) is 11.0. The quantitative estimate of drug-likeness (QED) is 0.318. The Morgan fingerprint density at radius 3 is 2.35 bits per heavy atom. The highest BCUT2D eigenvalue weighted by atomic mass is 32.2. The van der Waals surface area contributed by atoms with Gasteiger partial charge in [0.1, 0.15) is 6.04 Å². The second kappa shape index (κ2) is 8.71. The van der Waals surface area contributed by atoms with Crippen molar-refractivity contribution in [2.24, 2.45) is 29.4 Å². The van der Waals surface area contributed by atoms with Gasteiger partial charge in [0.15, 0.2) is 0 Å². The first-order valence-electron chi connectivity index (χ1n) is 11.4. The van der Waals surface area contributed by atoms with Crippen molar-refractivity contribution in [3.05, 3.63) is 29.8 Å². The molecule has 5 rings (SSSR count). The van der Waals surface area contributed by atoms with Gasteiger partial charge in [0, 0.05) is 11.2 Å². The summed E-state index contributed by atoms with van der Waals surface area (Å²) in [5.41, 5.74) is 7.79. The standard InChI is InChI=1S/C23H34N2O5S/c24-21(22(26)27)11-15-4-6-19(7-5-15)25-23-12-16-9-17(13-23)20(18(10-16)14-23)3-1-2-8-31(28,29)30/h4-7,16-18,20-21,25H,1-3,8-14,24H2,(H,26,27)(H,28,29,30)/t16?,17?,18?,20?,21-,23?/m0/s1.